The summed E-state index contributed by atoms with van der Waals surface area (Å²) in [7, 11) is 8.51. The summed E-state index contributed by atoms with van der Waals surface area (Å²) in [5.74, 6) is 0. The Morgan fingerprint density at radius 3 is 0.647 bits per heavy atom. The fourth-order valence-electron chi connectivity index (χ4n) is 20.2. The Morgan fingerprint density at radius 2 is 0.338 bits per heavy atom. The van der Waals surface area contributed by atoms with Gasteiger partial charge >= 0.3 is 0 Å². The molecule has 8 heteroatoms. The van der Waals surface area contributed by atoms with Crippen molar-refractivity contribution < 1.29 is 0 Å². The van der Waals surface area contributed by atoms with Gasteiger partial charge in [-0.25, -0.2) is 0 Å². The second kappa shape index (κ2) is 35.9. The lowest BCUT2D eigenvalue weighted by atomic mass is 10.0. The van der Waals surface area contributed by atoms with Crippen LogP contribution in [0.25, 0.3) is 175 Å². The Labute approximate surface area is 791 Å². The van der Waals surface area contributed by atoms with E-state index in [-0.39, 0.29) is 0 Å². The highest BCUT2D eigenvalue weighted by molar-refractivity contribution is 6.23. The molecule has 0 aliphatic carbocycles. The van der Waals surface area contributed by atoms with Crippen molar-refractivity contribution in [1.82, 2.24) is 18.3 Å². The average molecular weight is 1750 g/mol. The first kappa shape index (κ1) is 82.7. The van der Waals surface area contributed by atoms with Gasteiger partial charge in [0.05, 0.1) is 44.1 Å². The number of hydrogen-bond acceptors (Lipinski definition) is 4. The van der Waals surface area contributed by atoms with Crippen LogP contribution in [0.1, 0.15) is 0 Å². The van der Waals surface area contributed by atoms with Gasteiger partial charge in [0.1, 0.15) is 0 Å². The van der Waals surface area contributed by atoms with Crippen LogP contribution >= 0.6 is 0 Å². The molecule has 0 aliphatic heterocycles. The van der Waals surface area contributed by atoms with Crippen LogP contribution in [0.2, 0.25) is 0 Å². The molecule has 0 amide bonds. The standard InChI is InChI=1S/2C35H26N2.2C29H22N2/c1-36(28-19-16-26(17-20-28)25-10-4-2-5-11-25)30-21-23-34-33(24-30)32-22-18-27-12-8-9-15-31(27)35(32)37(34)29-13-6-3-7-14-29;1-36(28-18-15-26(16-19-28)25-9-3-2-4-10-25)29-20-22-30(23-21-29)37-34-14-8-7-13-32(34)33-24-17-27-11-5-6-12-31(27)35(33)37;1-30(22-11-4-2-5-12-22)24-17-19-28-27(20-24)26-18-16-21-10-8-9-15-25(21)29(26)31(28)23-13-6-3-7-14-23;1-30(22-10-3-2-4-11-22)23-16-18-24(19-17-23)31-28-14-8-7-13-26(28)27-20-15-21-9-5-6-12-25(21)29(27)31/h2*2-24H,1H3;2*2-20H,1H3. The molecule has 0 spiro atoms. The highest BCUT2D eigenvalue weighted by atomic mass is 15.1. The summed E-state index contributed by atoms with van der Waals surface area (Å²) in [4.78, 5) is 8.96. The lowest BCUT2D eigenvalue weighted by Crippen LogP contribution is -2.09. The summed E-state index contributed by atoms with van der Waals surface area (Å²) in [5, 5.41) is 20.4. The molecule has 0 saturated heterocycles. The number of rotatable bonds is 14. The molecular weight excluding hydrogens is 1650 g/mol. The minimum Gasteiger partial charge on any atom is -0.345 e. The van der Waals surface area contributed by atoms with E-state index < -0.39 is 0 Å². The molecule has 4 aromatic heterocycles. The SMILES string of the molecule is CN(c1ccc(-c2ccccc2)cc1)c1ccc(-n2c3ccccc3c3ccc4ccccc4c32)cc1.CN(c1ccc(-c2ccccc2)cc1)c1ccc2c(c1)c1ccc3ccccc3c1n2-c1ccccc1.CN(c1ccccc1)c1ccc(-n2c3ccccc3c3ccc4ccccc4c32)cc1.CN(c1ccccc1)c1ccc2c(c1)c1ccc3ccccc3c1n2-c1ccccc1. The van der Waals surface area contributed by atoms with Crippen LogP contribution in [0.3, 0.4) is 0 Å². The highest BCUT2D eigenvalue weighted by Gasteiger charge is 2.23. The van der Waals surface area contributed by atoms with Crippen molar-refractivity contribution >= 4 is 176 Å². The van der Waals surface area contributed by atoms with Crippen molar-refractivity contribution in [2.45, 2.75) is 0 Å². The quantitative estimate of drug-likeness (QED) is 0.109. The van der Waals surface area contributed by atoms with Crippen molar-refractivity contribution in [2.75, 3.05) is 47.8 Å². The Bertz CT molecular complexity index is 8860. The molecule has 0 aliphatic rings. The molecule has 0 fully saturated rings. The normalized spacial score (nSPS) is 11.4. The van der Waals surface area contributed by atoms with E-state index in [9.17, 15) is 0 Å². The van der Waals surface area contributed by atoms with Crippen molar-refractivity contribution in [2.24, 2.45) is 0 Å². The zero-order valence-electron chi connectivity index (χ0n) is 76.1. The smallest absolute Gasteiger partial charge is 0.0619 e. The van der Waals surface area contributed by atoms with Crippen LogP contribution in [0, 0.1) is 0 Å². The van der Waals surface area contributed by atoms with E-state index in [4.69, 9.17) is 0 Å². The summed E-state index contributed by atoms with van der Waals surface area (Å²) in [6, 6.07) is 182. The molecule has 0 radical (unpaired) electrons. The molecule has 26 aromatic rings. The van der Waals surface area contributed by atoms with Crippen molar-refractivity contribution in [3.05, 3.63) is 510 Å². The Hall–Kier alpha value is -17.7. The predicted molar refractivity (Wildman–Crippen MR) is 582 cm³/mol. The van der Waals surface area contributed by atoms with Crippen molar-refractivity contribution in [1.29, 1.82) is 0 Å². The number of anilines is 8. The van der Waals surface area contributed by atoms with Crippen molar-refractivity contribution in [3.8, 4) is 45.0 Å². The van der Waals surface area contributed by atoms with Crippen molar-refractivity contribution in [3.63, 3.8) is 0 Å². The number of aromatic nitrogens is 4. The third-order valence-electron chi connectivity index (χ3n) is 27.2. The van der Waals surface area contributed by atoms with E-state index in [1.165, 1.54) is 204 Å². The zero-order valence-corrected chi connectivity index (χ0v) is 76.1. The van der Waals surface area contributed by atoms with Crippen LogP contribution in [0.4, 0.5) is 45.5 Å². The summed E-state index contributed by atoms with van der Waals surface area (Å²) >= 11 is 0. The Morgan fingerprint density at radius 1 is 0.132 bits per heavy atom. The number of fused-ring (bicyclic) bond motifs is 20. The van der Waals surface area contributed by atoms with Crippen LogP contribution in [0.5, 0.6) is 0 Å². The molecule has 0 atom stereocenters. The van der Waals surface area contributed by atoms with Gasteiger partial charge in [0, 0.05) is 161 Å². The molecular formula is C128H96N8. The van der Waals surface area contributed by atoms with Crippen LogP contribution in [-0.2, 0) is 0 Å². The van der Waals surface area contributed by atoms with Gasteiger partial charge in [-0.15, -0.1) is 0 Å². The van der Waals surface area contributed by atoms with E-state index in [0.29, 0.717) is 0 Å². The number of hydrogen-bond donors (Lipinski definition) is 0. The summed E-state index contributed by atoms with van der Waals surface area (Å²) in [6.07, 6.45) is 0. The summed E-state index contributed by atoms with van der Waals surface area (Å²) in [5.41, 5.74) is 28.9. The van der Waals surface area contributed by atoms with Gasteiger partial charge in [-0.1, -0.05) is 340 Å². The predicted octanol–water partition coefficient (Wildman–Crippen LogP) is 34.2. The van der Waals surface area contributed by atoms with Gasteiger partial charge in [0.2, 0.25) is 0 Å². The molecule has 8 nitrogen and oxygen atoms in total. The lowest BCUT2D eigenvalue weighted by molar-refractivity contribution is 1.17. The number of benzene rings is 22. The Balaban J connectivity index is 0.000000102. The molecule has 0 N–H and O–H groups in total. The largest absolute Gasteiger partial charge is 0.345 e. The van der Waals surface area contributed by atoms with Crippen LogP contribution in [-0.4, -0.2) is 46.5 Å². The fourth-order valence-corrected chi connectivity index (χ4v) is 20.2. The third kappa shape index (κ3) is 15.3. The third-order valence-corrected chi connectivity index (χ3v) is 27.2. The molecule has 22 aromatic carbocycles. The van der Waals surface area contributed by atoms with E-state index in [1.807, 2.05) is 6.07 Å². The van der Waals surface area contributed by atoms with E-state index >= 15 is 0 Å². The van der Waals surface area contributed by atoms with Gasteiger partial charge in [0.25, 0.3) is 0 Å². The van der Waals surface area contributed by atoms with Crippen LogP contribution < -0.4 is 19.6 Å². The molecule has 136 heavy (non-hydrogen) atoms. The van der Waals surface area contributed by atoms with Gasteiger partial charge < -0.3 is 37.9 Å². The van der Waals surface area contributed by atoms with Gasteiger partial charge in [-0.2, -0.15) is 0 Å². The number of nitrogens with zero attached hydrogens (tertiary/aromatic N) is 8. The maximum atomic E-state index is 2.41. The minimum absolute atomic E-state index is 1.15. The second-order valence-electron chi connectivity index (χ2n) is 34.9. The number of para-hydroxylation sites is 6. The second-order valence-corrected chi connectivity index (χ2v) is 34.9. The first-order chi connectivity index (χ1) is 67.2. The first-order valence-corrected chi connectivity index (χ1v) is 46.6. The molecule has 4 heterocycles. The van der Waals surface area contributed by atoms with Crippen LogP contribution in [0.15, 0.2) is 510 Å². The molecule has 0 unspecified atom stereocenters. The molecule has 26 rings (SSSR count). The topological polar surface area (TPSA) is 32.7 Å². The molecule has 648 valence electrons. The van der Waals surface area contributed by atoms with E-state index in [2.05, 4.69) is 570 Å². The first-order valence-electron chi connectivity index (χ1n) is 46.6. The lowest BCUT2D eigenvalue weighted by Gasteiger charge is -2.20. The summed E-state index contributed by atoms with van der Waals surface area (Å²) < 4.78 is 9.62. The molecule has 0 saturated carbocycles. The van der Waals surface area contributed by atoms with Gasteiger partial charge in [-0.05, 0) is 214 Å². The van der Waals surface area contributed by atoms with Gasteiger partial charge in [0.15, 0.2) is 0 Å². The molecule has 0 bridgehead atoms. The zero-order chi connectivity index (χ0) is 91.1. The summed E-state index contributed by atoms with van der Waals surface area (Å²) in [6.45, 7) is 0. The maximum Gasteiger partial charge on any atom is 0.0619 e. The fraction of sp³-hybridized carbons (Fsp3) is 0.0312. The van der Waals surface area contributed by atoms with Gasteiger partial charge in [-0.3, -0.25) is 0 Å². The Kier molecular flexibility index (Phi) is 21.8. The van der Waals surface area contributed by atoms with E-state index in [0.717, 1.165) is 17.1 Å². The van der Waals surface area contributed by atoms with E-state index in [1.54, 1.807) is 0 Å². The maximum absolute atomic E-state index is 2.41. The average Bonchev–Trinajstić information content (AvgIpc) is 1.58. The monoisotopic (exact) mass is 1740 g/mol. The highest BCUT2D eigenvalue weighted by Crippen LogP contribution is 2.45. The minimum atomic E-state index is 1.15.